The molecule has 0 unspecified atom stereocenters. The van der Waals surface area contributed by atoms with E-state index in [1.807, 2.05) is 0 Å². The molecule has 0 aromatic rings. The predicted octanol–water partition coefficient (Wildman–Crippen LogP) is 0.137. The molecule has 0 aliphatic carbocycles. The fraction of sp³-hybridized carbons (Fsp3) is 0. The molecule has 3 nitrogen and oxygen atoms in total. The maximum Gasteiger partial charge on any atom is 0.212 e. The molecule has 0 aromatic heterocycles. The van der Waals surface area contributed by atoms with E-state index in [2.05, 4.69) is 11.6 Å². The lowest BCUT2D eigenvalue weighted by molar-refractivity contribution is 1.39. The van der Waals surface area contributed by atoms with Crippen molar-refractivity contribution in [1.82, 2.24) is 0 Å². The SMILES string of the molecule is C=C/C=N\C(=N)N. The van der Waals surface area contributed by atoms with Crippen molar-refractivity contribution in [2.24, 2.45) is 10.7 Å². The third-order valence-electron chi connectivity index (χ3n) is 0.319. The van der Waals surface area contributed by atoms with Crippen LogP contribution >= 0.6 is 0 Å². The standard InChI is InChI=1S/C4H7N3/c1-2-3-7-4(5)6/h2-3H,1H2,(H3,5,6)/b7-3-. The first-order valence-corrected chi connectivity index (χ1v) is 1.76. The summed E-state index contributed by atoms with van der Waals surface area (Å²) >= 11 is 0. The van der Waals surface area contributed by atoms with E-state index in [9.17, 15) is 0 Å². The fourth-order valence-electron chi connectivity index (χ4n) is 0.133. The van der Waals surface area contributed by atoms with E-state index in [0.29, 0.717) is 0 Å². The Morgan fingerprint density at radius 3 is 2.57 bits per heavy atom. The van der Waals surface area contributed by atoms with Gasteiger partial charge in [0.05, 0.1) is 0 Å². The van der Waals surface area contributed by atoms with Crippen LogP contribution in [0.4, 0.5) is 0 Å². The monoisotopic (exact) mass is 97.1 g/mol. The highest BCUT2D eigenvalue weighted by molar-refractivity contribution is 5.87. The Hall–Kier alpha value is -1.12. The second kappa shape index (κ2) is 3.08. The number of nitrogens with one attached hydrogen (secondary N) is 1. The summed E-state index contributed by atoms with van der Waals surface area (Å²) in [6.07, 6.45) is 2.82. The molecule has 0 aliphatic rings. The number of aliphatic imine (C=N–C) groups is 1. The Balaban J connectivity index is 3.46. The molecular formula is C4H7N3. The number of rotatable bonds is 1. The Bertz CT molecular complexity index is 104. The molecule has 38 valence electrons. The number of hydrogen-bond donors (Lipinski definition) is 2. The van der Waals surface area contributed by atoms with E-state index in [0.717, 1.165) is 0 Å². The first-order chi connectivity index (χ1) is 3.27. The molecule has 3 heteroatoms. The first kappa shape index (κ1) is 5.88. The highest BCUT2D eigenvalue weighted by atomic mass is 14.9. The van der Waals surface area contributed by atoms with Crippen LogP contribution in [0.1, 0.15) is 0 Å². The van der Waals surface area contributed by atoms with Crippen molar-refractivity contribution in [2.75, 3.05) is 0 Å². The van der Waals surface area contributed by atoms with Gasteiger partial charge in [-0.3, -0.25) is 5.41 Å². The summed E-state index contributed by atoms with van der Waals surface area (Å²) in [4.78, 5) is 3.36. The van der Waals surface area contributed by atoms with Gasteiger partial charge in [-0.1, -0.05) is 12.7 Å². The zero-order valence-corrected chi connectivity index (χ0v) is 3.89. The highest BCUT2D eigenvalue weighted by Gasteiger charge is 1.68. The van der Waals surface area contributed by atoms with Gasteiger partial charge in [0.25, 0.3) is 0 Å². The summed E-state index contributed by atoms with van der Waals surface area (Å²) < 4.78 is 0. The molecular weight excluding hydrogens is 90.1 g/mol. The number of guanidine groups is 1. The largest absolute Gasteiger partial charge is 0.368 e. The van der Waals surface area contributed by atoms with Crippen molar-refractivity contribution >= 4 is 12.2 Å². The van der Waals surface area contributed by atoms with Gasteiger partial charge in [0.15, 0.2) is 0 Å². The van der Waals surface area contributed by atoms with E-state index < -0.39 is 0 Å². The number of hydrogen-bond acceptors (Lipinski definition) is 1. The van der Waals surface area contributed by atoms with Crippen molar-refractivity contribution in [1.29, 1.82) is 5.41 Å². The van der Waals surface area contributed by atoms with Gasteiger partial charge in [0.1, 0.15) is 0 Å². The van der Waals surface area contributed by atoms with Gasteiger partial charge in [-0.25, -0.2) is 4.99 Å². The van der Waals surface area contributed by atoms with Crippen LogP contribution in [0.3, 0.4) is 0 Å². The number of nitrogens with zero attached hydrogens (tertiary/aromatic N) is 1. The van der Waals surface area contributed by atoms with E-state index in [1.54, 1.807) is 0 Å². The lowest BCUT2D eigenvalue weighted by Gasteiger charge is -1.76. The van der Waals surface area contributed by atoms with E-state index in [1.165, 1.54) is 12.3 Å². The summed E-state index contributed by atoms with van der Waals surface area (Å²) in [6.45, 7) is 3.33. The number of nitrogens with two attached hydrogens (primary N) is 1. The van der Waals surface area contributed by atoms with Crippen molar-refractivity contribution in [3.8, 4) is 0 Å². The van der Waals surface area contributed by atoms with Gasteiger partial charge in [0, 0.05) is 6.21 Å². The molecule has 0 amide bonds. The van der Waals surface area contributed by atoms with Crippen LogP contribution in [-0.4, -0.2) is 12.2 Å². The van der Waals surface area contributed by atoms with Crippen molar-refractivity contribution in [3.63, 3.8) is 0 Å². The molecule has 0 aliphatic heterocycles. The molecule has 0 atom stereocenters. The fourth-order valence-corrected chi connectivity index (χ4v) is 0.133. The van der Waals surface area contributed by atoms with Crippen LogP contribution < -0.4 is 5.73 Å². The van der Waals surface area contributed by atoms with Gasteiger partial charge >= 0.3 is 0 Å². The van der Waals surface area contributed by atoms with Crippen LogP contribution in [0.2, 0.25) is 0 Å². The van der Waals surface area contributed by atoms with Crippen LogP contribution in [0.15, 0.2) is 17.6 Å². The maximum atomic E-state index is 6.53. The lowest BCUT2D eigenvalue weighted by atomic mass is 10.7. The Morgan fingerprint density at radius 2 is 2.43 bits per heavy atom. The summed E-state index contributed by atoms with van der Waals surface area (Å²) in [7, 11) is 0. The summed E-state index contributed by atoms with van der Waals surface area (Å²) in [5.41, 5.74) is 4.82. The zero-order valence-electron chi connectivity index (χ0n) is 3.89. The summed E-state index contributed by atoms with van der Waals surface area (Å²) in [5.74, 6) is -0.195. The summed E-state index contributed by atoms with van der Waals surface area (Å²) in [5, 5.41) is 6.53. The van der Waals surface area contributed by atoms with Gasteiger partial charge in [-0.2, -0.15) is 0 Å². The average molecular weight is 97.1 g/mol. The van der Waals surface area contributed by atoms with E-state index in [4.69, 9.17) is 11.1 Å². The second-order valence-corrected chi connectivity index (χ2v) is 0.899. The maximum absolute atomic E-state index is 6.53. The van der Waals surface area contributed by atoms with Crippen LogP contribution in [0.5, 0.6) is 0 Å². The Morgan fingerprint density at radius 1 is 1.86 bits per heavy atom. The second-order valence-electron chi connectivity index (χ2n) is 0.899. The molecule has 0 heterocycles. The van der Waals surface area contributed by atoms with Crippen LogP contribution in [0, 0.1) is 5.41 Å². The molecule has 0 saturated carbocycles. The quantitative estimate of drug-likeness (QED) is 0.354. The number of allylic oxidation sites excluding steroid dienone is 1. The lowest BCUT2D eigenvalue weighted by Crippen LogP contribution is -2.04. The minimum Gasteiger partial charge on any atom is -0.368 e. The minimum absolute atomic E-state index is 0.195. The molecule has 0 spiro atoms. The molecule has 0 bridgehead atoms. The molecule has 0 fully saturated rings. The minimum atomic E-state index is -0.195. The molecule has 0 saturated heterocycles. The Labute approximate surface area is 42.1 Å². The van der Waals surface area contributed by atoms with Gasteiger partial charge in [-0.15, -0.1) is 0 Å². The molecule has 3 N–H and O–H groups in total. The average Bonchev–Trinajstić information content (AvgIpc) is 1.61. The van der Waals surface area contributed by atoms with Gasteiger partial charge in [-0.05, 0) is 0 Å². The highest BCUT2D eigenvalue weighted by Crippen LogP contribution is 1.59. The third-order valence-corrected chi connectivity index (χ3v) is 0.319. The normalized spacial score (nSPS) is 9.14. The van der Waals surface area contributed by atoms with Gasteiger partial charge in [0.2, 0.25) is 5.96 Å². The van der Waals surface area contributed by atoms with Gasteiger partial charge < -0.3 is 5.73 Å². The predicted molar refractivity (Wildman–Crippen MR) is 30.6 cm³/mol. The molecule has 0 rings (SSSR count). The first-order valence-electron chi connectivity index (χ1n) is 1.76. The third kappa shape index (κ3) is 4.88. The zero-order chi connectivity index (χ0) is 5.70. The van der Waals surface area contributed by atoms with Crippen LogP contribution in [-0.2, 0) is 0 Å². The van der Waals surface area contributed by atoms with E-state index in [-0.39, 0.29) is 5.96 Å². The summed E-state index contributed by atoms with van der Waals surface area (Å²) in [6, 6.07) is 0. The Kier molecular flexibility index (Phi) is 2.59. The van der Waals surface area contributed by atoms with Crippen molar-refractivity contribution in [3.05, 3.63) is 12.7 Å². The molecule has 0 aromatic carbocycles. The molecule has 0 radical (unpaired) electrons. The smallest absolute Gasteiger partial charge is 0.212 e. The van der Waals surface area contributed by atoms with Crippen molar-refractivity contribution in [2.45, 2.75) is 0 Å². The van der Waals surface area contributed by atoms with E-state index >= 15 is 0 Å². The topological polar surface area (TPSA) is 62.2 Å². The molecule has 7 heavy (non-hydrogen) atoms. The van der Waals surface area contributed by atoms with Crippen molar-refractivity contribution < 1.29 is 0 Å². The van der Waals surface area contributed by atoms with Crippen LogP contribution in [0.25, 0.3) is 0 Å².